The Labute approximate surface area is 167 Å². The number of nitrogens with one attached hydrogen (secondary N) is 1. The van der Waals surface area contributed by atoms with Crippen molar-refractivity contribution in [3.63, 3.8) is 0 Å². The molecule has 3 aromatic rings. The quantitative estimate of drug-likeness (QED) is 0.374. The molecule has 0 aliphatic rings. The van der Waals surface area contributed by atoms with Gasteiger partial charge in [0.25, 0.3) is 11.6 Å². The largest absolute Gasteiger partial charge is 0.434 e. The van der Waals surface area contributed by atoms with Crippen LogP contribution in [-0.4, -0.2) is 20.6 Å². The summed E-state index contributed by atoms with van der Waals surface area (Å²) < 4.78 is 55.4. The molecule has 0 aliphatic carbocycles. The van der Waals surface area contributed by atoms with E-state index in [-0.39, 0.29) is 5.69 Å². The van der Waals surface area contributed by atoms with E-state index in [0.29, 0.717) is 16.4 Å². The lowest BCUT2D eigenvalue weighted by molar-refractivity contribution is -0.384. The van der Waals surface area contributed by atoms with Crippen LogP contribution in [-0.2, 0) is 6.18 Å². The molecule has 0 bridgehead atoms. The van der Waals surface area contributed by atoms with Gasteiger partial charge in [0.1, 0.15) is 11.5 Å². The summed E-state index contributed by atoms with van der Waals surface area (Å²) in [6.45, 7) is 1.46. The van der Waals surface area contributed by atoms with Gasteiger partial charge in [0.2, 0.25) is 0 Å². The fraction of sp³-hybridized carbons (Fsp3) is 0.158. The van der Waals surface area contributed by atoms with Crippen LogP contribution >= 0.6 is 0 Å². The summed E-state index contributed by atoms with van der Waals surface area (Å²) in [5, 5.41) is 16.8. The van der Waals surface area contributed by atoms with E-state index >= 15 is 0 Å². The number of alkyl halides is 3. The number of hydrogen-bond donors (Lipinski definition) is 1. The average Bonchev–Trinajstić information content (AvgIpc) is 3.14. The molecule has 7 nitrogen and oxygen atoms in total. The number of amides is 1. The van der Waals surface area contributed by atoms with Crippen LogP contribution in [0.1, 0.15) is 34.6 Å². The number of non-ortho nitro benzene ring substituents is 1. The summed E-state index contributed by atoms with van der Waals surface area (Å²) in [6, 6.07) is 9.23. The van der Waals surface area contributed by atoms with Gasteiger partial charge in [-0.25, -0.2) is 9.07 Å². The van der Waals surface area contributed by atoms with Crippen molar-refractivity contribution in [2.75, 3.05) is 0 Å². The van der Waals surface area contributed by atoms with Gasteiger partial charge in [-0.2, -0.15) is 18.3 Å². The van der Waals surface area contributed by atoms with Crippen molar-refractivity contribution in [3.05, 3.63) is 87.5 Å². The molecule has 156 valence electrons. The van der Waals surface area contributed by atoms with Crippen LogP contribution in [0.25, 0.3) is 5.69 Å². The van der Waals surface area contributed by atoms with Crippen LogP contribution in [0.4, 0.5) is 23.2 Å². The molecule has 1 amide bonds. The number of nitro benzene ring substituents is 1. The predicted octanol–water partition coefficient (Wildman–Crippen LogP) is 4.43. The molecule has 0 saturated heterocycles. The first-order valence-electron chi connectivity index (χ1n) is 8.55. The zero-order valence-corrected chi connectivity index (χ0v) is 15.4. The minimum absolute atomic E-state index is 0.225. The van der Waals surface area contributed by atoms with Crippen molar-refractivity contribution in [1.29, 1.82) is 0 Å². The molecular weight excluding hydrogens is 408 g/mol. The number of carbonyl (C=O) groups is 1. The predicted molar refractivity (Wildman–Crippen MR) is 97.5 cm³/mol. The second-order valence-electron chi connectivity index (χ2n) is 6.32. The molecule has 0 fully saturated rings. The zero-order chi connectivity index (χ0) is 22.1. The van der Waals surface area contributed by atoms with E-state index in [4.69, 9.17) is 0 Å². The van der Waals surface area contributed by atoms with Crippen molar-refractivity contribution < 1.29 is 27.3 Å². The van der Waals surface area contributed by atoms with E-state index in [1.807, 2.05) is 0 Å². The van der Waals surface area contributed by atoms with Gasteiger partial charge in [-0.15, -0.1) is 0 Å². The van der Waals surface area contributed by atoms with Gasteiger partial charge < -0.3 is 5.32 Å². The molecule has 0 spiro atoms. The third kappa shape index (κ3) is 4.14. The lowest BCUT2D eigenvalue weighted by Gasteiger charge is -2.16. The number of aromatic nitrogens is 2. The van der Waals surface area contributed by atoms with Crippen molar-refractivity contribution in [1.82, 2.24) is 15.1 Å². The Morgan fingerprint density at radius 2 is 1.90 bits per heavy atom. The number of benzene rings is 2. The first-order valence-corrected chi connectivity index (χ1v) is 8.55. The van der Waals surface area contributed by atoms with Gasteiger partial charge in [0, 0.05) is 12.1 Å². The zero-order valence-electron chi connectivity index (χ0n) is 15.4. The molecule has 1 heterocycles. The maximum absolute atomic E-state index is 14.0. The average molecular weight is 422 g/mol. The van der Waals surface area contributed by atoms with Gasteiger partial charge in [-0.3, -0.25) is 14.9 Å². The molecule has 11 heteroatoms. The molecule has 30 heavy (non-hydrogen) atoms. The third-order valence-electron chi connectivity index (χ3n) is 4.29. The van der Waals surface area contributed by atoms with E-state index in [2.05, 4.69) is 10.4 Å². The highest BCUT2D eigenvalue weighted by molar-refractivity contribution is 5.95. The van der Waals surface area contributed by atoms with Crippen LogP contribution in [0.3, 0.4) is 0 Å². The monoisotopic (exact) mass is 422 g/mol. The number of hydrogen-bond acceptors (Lipinski definition) is 4. The van der Waals surface area contributed by atoms with Gasteiger partial charge in [0.15, 0.2) is 5.69 Å². The SMILES string of the molecule is CC(NC(=O)c1cnn(-c2ccccc2F)c1C(F)(F)F)c1cccc([N+](=O)[O-])c1. The van der Waals surface area contributed by atoms with Crippen molar-refractivity contribution in [2.24, 2.45) is 0 Å². The maximum Gasteiger partial charge on any atom is 0.434 e. The second kappa shape index (κ2) is 7.93. The van der Waals surface area contributed by atoms with Gasteiger partial charge in [-0.1, -0.05) is 24.3 Å². The minimum atomic E-state index is -5.00. The molecule has 1 atom stereocenters. The molecule has 0 radical (unpaired) electrons. The summed E-state index contributed by atoms with van der Waals surface area (Å²) in [4.78, 5) is 22.8. The van der Waals surface area contributed by atoms with Crippen LogP contribution < -0.4 is 5.32 Å². The summed E-state index contributed by atoms with van der Waals surface area (Å²) in [5.74, 6) is -2.05. The molecule has 1 aromatic heterocycles. The molecule has 1 N–H and O–H groups in total. The van der Waals surface area contributed by atoms with E-state index in [0.717, 1.165) is 12.1 Å². The number of halogens is 4. The fourth-order valence-electron chi connectivity index (χ4n) is 2.86. The molecular formula is C19H14F4N4O3. The number of rotatable bonds is 5. The summed E-state index contributed by atoms with van der Waals surface area (Å²) in [6.07, 6.45) is -4.30. The highest BCUT2D eigenvalue weighted by Crippen LogP contribution is 2.34. The second-order valence-corrected chi connectivity index (χ2v) is 6.32. The Morgan fingerprint density at radius 1 is 1.20 bits per heavy atom. The van der Waals surface area contributed by atoms with Gasteiger partial charge in [-0.05, 0) is 24.6 Å². The van der Waals surface area contributed by atoms with Crippen LogP contribution in [0.5, 0.6) is 0 Å². The lowest BCUT2D eigenvalue weighted by Crippen LogP contribution is -2.29. The van der Waals surface area contributed by atoms with Gasteiger partial charge >= 0.3 is 6.18 Å². The molecule has 1 unspecified atom stereocenters. The molecule has 0 aliphatic heterocycles. The summed E-state index contributed by atoms with van der Waals surface area (Å²) in [7, 11) is 0. The van der Waals surface area contributed by atoms with E-state index in [1.165, 1.54) is 43.3 Å². The first kappa shape index (κ1) is 21.0. The molecule has 0 saturated carbocycles. The number of nitrogens with zero attached hydrogens (tertiary/aromatic N) is 3. The van der Waals surface area contributed by atoms with Crippen molar-refractivity contribution in [3.8, 4) is 5.69 Å². The highest BCUT2D eigenvalue weighted by atomic mass is 19.4. The van der Waals surface area contributed by atoms with Crippen LogP contribution in [0.15, 0.2) is 54.7 Å². The Morgan fingerprint density at radius 3 is 2.53 bits per heavy atom. The number of para-hydroxylation sites is 1. The third-order valence-corrected chi connectivity index (χ3v) is 4.29. The van der Waals surface area contributed by atoms with Crippen LogP contribution in [0, 0.1) is 15.9 Å². The maximum atomic E-state index is 14.0. The molecule has 3 rings (SSSR count). The number of carbonyl (C=O) groups excluding carboxylic acids is 1. The Hall–Kier alpha value is -3.76. The Balaban J connectivity index is 1.96. The van der Waals surface area contributed by atoms with E-state index in [1.54, 1.807) is 0 Å². The van der Waals surface area contributed by atoms with Gasteiger partial charge in [0.05, 0.1) is 22.7 Å². The van der Waals surface area contributed by atoms with Crippen LogP contribution in [0.2, 0.25) is 0 Å². The summed E-state index contributed by atoms with van der Waals surface area (Å²) in [5.41, 5.74) is -2.60. The normalized spacial score (nSPS) is 12.4. The van der Waals surface area contributed by atoms with E-state index < -0.39 is 45.8 Å². The highest BCUT2D eigenvalue weighted by Gasteiger charge is 2.41. The topological polar surface area (TPSA) is 90.1 Å². The Bertz CT molecular complexity index is 1110. The fourth-order valence-corrected chi connectivity index (χ4v) is 2.86. The Kier molecular flexibility index (Phi) is 5.54. The lowest BCUT2D eigenvalue weighted by atomic mass is 10.1. The standard InChI is InChI=1S/C19H14F4N4O3/c1-11(12-5-4-6-13(9-12)27(29)30)25-18(28)14-10-24-26(17(14)19(21,22)23)16-8-3-2-7-15(16)20/h2-11H,1H3,(H,25,28). The summed E-state index contributed by atoms with van der Waals surface area (Å²) >= 11 is 0. The van der Waals surface area contributed by atoms with E-state index in [9.17, 15) is 32.5 Å². The molecule has 2 aromatic carbocycles. The van der Waals surface area contributed by atoms with Crippen molar-refractivity contribution >= 4 is 11.6 Å². The van der Waals surface area contributed by atoms with Crippen molar-refractivity contribution in [2.45, 2.75) is 19.1 Å². The smallest absolute Gasteiger partial charge is 0.345 e. The minimum Gasteiger partial charge on any atom is -0.345 e. The number of nitro groups is 1. The first-order chi connectivity index (χ1) is 14.1.